The predicted octanol–water partition coefficient (Wildman–Crippen LogP) is 1.34. The molecule has 1 aromatic heterocycles. The standard InChI is InChI=1S/C17H20N6O2/c24-16-4-1-11-9-12(2-3-14(11)20-16)19-17(25)15-10-23(22-21-15)13-5-7-18-8-6-13/h2-3,9-10,13,18H,1,4-8H2,(H,19,25)(H,20,24). The molecule has 0 unspecified atom stereocenters. The average Bonchev–Trinajstić information content (AvgIpc) is 3.13. The zero-order valence-electron chi connectivity index (χ0n) is 13.8. The molecule has 0 spiro atoms. The van der Waals surface area contributed by atoms with Crippen LogP contribution >= 0.6 is 0 Å². The largest absolute Gasteiger partial charge is 0.326 e. The molecular weight excluding hydrogens is 320 g/mol. The molecule has 0 aliphatic carbocycles. The number of aryl methyl sites for hydroxylation is 1. The van der Waals surface area contributed by atoms with Crippen molar-refractivity contribution in [1.29, 1.82) is 0 Å². The summed E-state index contributed by atoms with van der Waals surface area (Å²) >= 11 is 0. The minimum atomic E-state index is -0.278. The maximum absolute atomic E-state index is 12.4. The van der Waals surface area contributed by atoms with Gasteiger partial charge in [-0.3, -0.25) is 9.59 Å². The number of carbonyl (C=O) groups excluding carboxylic acids is 2. The smallest absolute Gasteiger partial charge is 0.277 e. The van der Waals surface area contributed by atoms with Crippen LogP contribution in [0, 0.1) is 0 Å². The van der Waals surface area contributed by atoms with Crippen molar-refractivity contribution >= 4 is 23.2 Å². The van der Waals surface area contributed by atoms with Crippen LogP contribution in [0.15, 0.2) is 24.4 Å². The molecule has 4 rings (SSSR count). The summed E-state index contributed by atoms with van der Waals surface area (Å²) in [6, 6.07) is 5.78. The van der Waals surface area contributed by atoms with Gasteiger partial charge in [0.2, 0.25) is 5.91 Å². The van der Waals surface area contributed by atoms with Crippen molar-refractivity contribution in [3.63, 3.8) is 0 Å². The minimum absolute atomic E-state index is 0.0267. The molecule has 1 saturated heterocycles. The molecule has 3 heterocycles. The molecule has 1 fully saturated rings. The fourth-order valence-electron chi connectivity index (χ4n) is 3.29. The summed E-state index contributed by atoms with van der Waals surface area (Å²) in [5, 5.41) is 17.1. The highest BCUT2D eigenvalue weighted by Gasteiger charge is 2.19. The number of nitrogens with zero attached hydrogens (tertiary/aromatic N) is 3. The first-order valence-electron chi connectivity index (χ1n) is 8.56. The summed E-state index contributed by atoms with van der Waals surface area (Å²) in [5.74, 6) is -0.251. The Labute approximate surface area is 145 Å². The Kier molecular flexibility index (Phi) is 4.19. The third-order valence-electron chi connectivity index (χ3n) is 4.68. The fourth-order valence-corrected chi connectivity index (χ4v) is 3.29. The number of hydrogen-bond acceptors (Lipinski definition) is 5. The summed E-state index contributed by atoms with van der Waals surface area (Å²) in [6.45, 7) is 1.91. The lowest BCUT2D eigenvalue weighted by Gasteiger charge is -2.22. The van der Waals surface area contributed by atoms with Gasteiger partial charge in [0.15, 0.2) is 5.69 Å². The van der Waals surface area contributed by atoms with Crippen LogP contribution in [0.25, 0.3) is 0 Å². The first-order valence-corrected chi connectivity index (χ1v) is 8.56. The number of amides is 2. The molecule has 2 aliphatic heterocycles. The molecule has 130 valence electrons. The third-order valence-corrected chi connectivity index (χ3v) is 4.68. The number of nitrogens with one attached hydrogen (secondary N) is 3. The highest BCUT2D eigenvalue weighted by atomic mass is 16.2. The van der Waals surface area contributed by atoms with Crippen molar-refractivity contribution in [2.24, 2.45) is 0 Å². The van der Waals surface area contributed by atoms with Crippen LogP contribution in [0.1, 0.15) is 41.4 Å². The Morgan fingerprint density at radius 2 is 2.08 bits per heavy atom. The lowest BCUT2D eigenvalue weighted by Crippen LogP contribution is -2.29. The summed E-state index contributed by atoms with van der Waals surface area (Å²) in [6.07, 6.45) is 4.83. The Hall–Kier alpha value is -2.74. The van der Waals surface area contributed by atoms with E-state index < -0.39 is 0 Å². The van der Waals surface area contributed by atoms with Crippen molar-refractivity contribution < 1.29 is 9.59 Å². The van der Waals surface area contributed by atoms with E-state index in [1.54, 1.807) is 16.9 Å². The van der Waals surface area contributed by atoms with E-state index in [4.69, 9.17) is 0 Å². The quantitative estimate of drug-likeness (QED) is 0.783. The Bertz CT molecular complexity index is 809. The SMILES string of the molecule is O=C1CCc2cc(NC(=O)c3cn(C4CCNCC4)nn3)ccc2N1. The molecule has 0 saturated carbocycles. The van der Waals surface area contributed by atoms with Gasteiger partial charge in [-0.05, 0) is 56.1 Å². The van der Waals surface area contributed by atoms with E-state index >= 15 is 0 Å². The molecule has 8 nitrogen and oxygen atoms in total. The molecule has 2 amide bonds. The van der Waals surface area contributed by atoms with Gasteiger partial charge >= 0.3 is 0 Å². The van der Waals surface area contributed by atoms with E-state index in [2.05, 4.69) is 26.3 Å². The number of fused-ring (bicyclic) bond motifs is 1. The summed E-state index contributed by atoms with van der Waals surface area (Å²) in [5.41, 5.74) is 2.84. The van der Waals surface area contributed by atoms with Crippen molar-refractivity contribution in [3.05, 3.63) is 35.7 Å². The zero-order chi connectivity index (χ0) is 17.2. The number of benzene rings is 1. The monoisotopic (exact) mass is 340 g/mol. The second kappa shape index (κ2) is 6.64. The van der Waals surface area contributed by atoms with Crippen LogP contribution in [0.3, 0.4) is 0 Å². The molecule has 3 N–H and O–H groups in total. The topological polar surface area (TPSA) is 101 Å². The predicted molar refractivity (Wildman–Crippen MR) is 92.5 cm³/mol. The number of aromatic nitrogens is 3. The molecule has 0 radical (unpaired) electrons. The molecule has 2 aliphatic rings. The van der Waals surface area contributed by atoms with Gasteiger partial charge in [-0.25, -0.2) is 4.68 Å². The average molecular weight is 340 g/mol. The van der Waals surface area contributed by atoms with Gasteiger partial charge in [-0.15, -0.1) is 5.10 Å². The number of anilines is 2. The Morgan fingerprint density at radius 3 is 2.92 bits per heavy atom. The van der Waals surface area contributed by atoms with E-state index in [-0.39, 0.29) is 11.8 Å². The normalized spacial score (nSPS) is 17.7. The van der Waals surface area contributed by atoms with E-state index in [1.165, 1.54) is 0 Å². The second-order valence-electron chi connectivity index (χ2n) is 6.44. The van der Waals surface area contributed by atoms with Crippen LogP contribution < -0.4 is 16.0 Å². The Morgan fingerprint density at radius 1 is 1.24 bits per heavy atom. The highest BCUT2D eigenvalue weighted by Crippen LogP contribution is 2.26. The molecule has 0 atom stereocenters. The van der Waals surface area contributed by atoms with Gasteiger partial charge in [0, 0.05) is 17.8 Å². The van der Waals surface area contributed by atoms with E-state index in [0.29, 0.717) is 30.3 Å². The molecule has 8 heteroatoms. The second-order valence-corrected chi connectivity index (χ2v) is 6.44. The van der Waals surface area contributed by atoms with Crippen LogP contribution in [0.4, 0.5) is 11.4 Å². The lowest BCUT2D eigenvalue weighted by molar-refractivity contribution is -0.116. The Balaban J connectivity index is 1.45. The summed E-state index contributed by atoms with van der Waals surface area (Å²) in [4.78, 5) is 23.8. The van der Waals surface area contributed by atoms with E-state index in [1.807, 2.05) is 12.1 Å². The van der Waals surface area contributed by atoms with E-state index in [0.717, 1.165) is 37.2 Å². The van der Waals surface area contributed by atoms with Crippen molar-refractivity contribution in [1.82, 2.24) is 20.3 Å². The third kappa shape index (κ3) is 3.39. The van der Waals surface area contributed by atoms with Crippen LogP contribution in [0.2, 0.25) is 0 Å². The maximum atomic E-state index is 12.4. The van der Waals surface area contributed by atoms with Crippen LogP contribution in [-0.2, 0) is 11.2 Å². The van der Waals surface area contributed by atoms with Crippen molar-refractivity contribution in [3.8, 4) is 0 Å². The highest BCUT2D eigenvalue weighted by molar-refractivity contribution is 6.03. The summed E-state index contributed by atoms with van der Waals surface area (Å²) < 4.78 is 1.79. The first kappa shape index (κ1) is 15.8. The molecule has 0 bridgehead atoms. The minimum Gasteiger partial charge on any atom is -0.326 e. The van der Waals surface area contributed by atoms with Gasteiger partial charge in [0.25, 0.3) is 5.91 Å². The molecule has 2 aromatic rings. The van der Waals surface area contributed by atoms with Crippen molar-refractivity contribution in [2.45, 2.75) is 31.7 Å². The van der Waals surface area contributed by atoms with Crippen LogP contribution in [-0.4, -0.2) is 39.9 Å². The fraction of sp³-hybridized carbons (Fsp3) is 0.412. The van der Waals surface area contributed by atoms with Gasteiger partial charge in [0.05, 0.1) is 12.2 Å². The van der Waals surface area contributed by atoms with Gasteiger partial charge < -0.3 is 16.0 Å². The van der Waals surface area contributed by atoms with Crippen LogP contribution in [0.5, 0.6) is 0 Å². The van der Waals surface area contributed by atoms with Gasteiger partial charge in [-0.1, -0.05) is 5.21 Å². The number of hydrogen-bond donors (Lipinski definition) is 3. The summed E-state index contributed by atoms with van der Waals surface area (Å²) in [7, 11) is 0. The lowest BCUT2D eigenvalue weighted by atomic mass is 10.0. The van der Waals surface area contributed by atoms with E-state index in [9.17, 15) is 9.59 Å². The molecule has 1 aromatic carbocycles. The first-order chi connectivity index (χ1) is 12.2. The number of piperidine rings is 1. The number of carbonyl (C=O) groups is 2. The van der Waals surface area contributed by atoms with Gasteiger partial charge in [-0.2, -0.15) is 0 Å². The molecular formula is C17H20N6O2. The van der Waals surface area contributed by atoms with Crippen molar-refractivity contribution in [2.75, 3.05) is 23.7 Å². The number of rotatable bonds is 3. The van der Waals surface area contributed by atoms with Gasteiger partial charge in [0.1, 0.15) is 0 Å². The molecule has 25 heavy (non-hydrogen) atoms. The maximum Gasteiger partial charge on any atom is 0.277 e. The zero-order valence-corrected chi connectivity index (χ0v) is 13.8.